The van der Waals surface area contributed by atoms with Crippen LogP contribution in [0, 0.1) is 5.92 Å². The van der Waals surface area contributed by atoms with Crippen LogP contribution in [0.3, 0.4) is 0 Å². The second-order valence-electron chi connectivity index (χ2n) is 15.8. The molecule has 0 rings (SSSR count). The van der Waals surface area contributed by atoms with Crippen LogP contribution >= 0.6 is 0 Å². The van der Waals surface area contributed by atoms with Crippen molar-refractivity contribution < 1.29 is 28.6 Å². The van der Waals surface area contributed by atoms with Crippen molar-refractivity contribution in [3.05, 3.63) is 0 Å². The lowest BCUT2D eigenvalue weighted by atomic mass is 10.0. The Hall–Kier alpha value is -1.59. The summed E-state index contributed by atoms with van der Waals surface area (Å²) >= 11 is 0. The molecule has 0 spiro atoms. The lowest BCUT2D eigenvalue weighted by Gasteiger charge is -2.18. The highest BCUT2D eigenvalue weighted by molar-refractivity contribution is 5.71. The quantitative estimate of drug-likeness (QED) is 0.0356. The summed E-state index contributed by atoms with van der Waals surface area (Å²) in [6.45, 7) is 8.91. The van der Waals surface area contributed by atoms with E-state index in [1.165, 1.54) is 135 Å². The van der Waals surface area contributed by atoms with Crippen molar-refractivity contribution in [1.82, 2.24) is 0 Å². The molecule has 0 heterocycles. The Morgan fingerprint density at radius 3 is 0.961 bits per heavy atom. The minimum Gasteiger partial charge on any atom is -0.462 e. The first kappa shape index (κ1) is 49.4. The van der Waals surface area contributed by atoms with Gasteiger partial charge in [-0.2, -0.15) is 0 Å². The number of carbonyl (C=O) groups is 3. The minimum absolute atomic E-state index is 0.0653. The maximum Gasteiger partial charge on any atom is 0.306 e. The smallest absolute Gasteiger partial charge is 0.306 e. The predicted octanol–water partition coefficient (Wildman–Crippen LogP) is 13.9. The van der Waals surface area contributed by atoms with Gasteiger partial charge in [0.2, 0.25) is 0 Å². The highest BCUT2D eigenvalue weighted by Gasteiger charge is 2.19. The second kappa shape index (κ2) is 39.6. The van der Waals surface area contributed by atoms with E-state index in [2.05, 4.69) is 27.7 Å². The van der Waals surface area contributed by atoms with Crippen LogP contribution in [-0.4, -0.2) is 37.2 Å². The molecule has 0 aliphatic rings. The van der Waals surface area contributed by atoms with Gasteiger partial charge >= 0.3 is 17.9 Å². The van der Waals surface area contributed by atoms with Gasteiger partial charge in [0.05, 0.1) is 0 Å². The summed E-state index contributed by atoms with van der Waals surface area (Å²) in [5.41, 5.74) is 0. The first-order valence-corrected chi connectivity index (χ1v) is 22.4. The number of hydrogen-bond donors (Lipinski definition) is 0. The molecule has 0 amide bonds. The number of esters is 3. The van der Waals surface area contributed by atoms with E-state index in [0.717, 1.165) is 70.1 Å². The van der Waals surface area contributed by atoms with Gasteiger partial charge in [-0.05, 0) is 25.2 Å². The monoisotopic (exact) mass is 723 g/mol. The van der Waals surface area contributed by atoms with Gasteiger partial charge in [0.1, 0.15) is 13.2 Å². The van der Waals surface area contributed by atoms with Crippen LogP contribution in [0.4, 0.5) is 0 Å². The summed E-state index contributed by atoms with van der Waals surface area (Å²) in [6, 6.07) is 0. The predicted molar refractivity (Wildman–Crippen MR) is 215 cm³/mol. The van der Waals surface area contributed by atoms with E-state index in [1.54, 1.807) is 0 Å². The molecule has 0 bridgehead atoms. The van der Waals surface area contributed by atoms with Crippen molar-refractivity contribution in [2.45, 2.75) is 252 Å². The summed E-state index contributed by atoms with van der Waals surface area (Å²) < 4.78 is 16.6. The van der Waals surface area contributed by atoms with Crippen molar-refractivity contribution in [3.8, 4) is 0 Å². The lowest BCUT2D eigenvalue weighted by Crippen LogP contribution is -2.30. The molecule has 0 radical (unpaired) electrons. The van der Waals surface area contributed by atoms with Gasteiger partial charge in [-0.15, -0.1) is 0 Å². The fourth-order valence-corrected chi connectivity index (χ4v) is 6.63. The number of rotatable bonds is 40. The summed E-state index contributed by atoms with van der Waals surface area (Å²) in [6.07, 6.45) is 38.4. The van der Waals surface area contributed by atoms with E-state index in [1.807, 2.05) is 0 Å². The van der Waals surface area contributed by atoms with Gasteiger partial charge in [0, 0.05) is 19.3 Å². The second-order valence-corrected chi connectivity index (χ2v) is 15.8. The molecule has 302 valence electrons. The largest absolute Gasteiger partial charge is 0.462 e. The SMILES string of the molecule is CCCCCCCCCCCC(=O)OC[C@@H](COC(=O)CCCCCCCCCCCCCCCCCCC(C)C)OC(=O)CCCCCCC. The van der Waals surface area contributed by atoms with E-state index in [4.69, 9.17) is 14.2 Å². The Labute approximate surface area is 317 Å². The van der Waals surface area contributed by atoms with Gasteiger partial charge in [0.15, 0.2) is 6.10 Å². The van der Waals surface area contributed by atoms with Crippen molar-refractivity contribution >= 4 is 17.9 Å². The van der Waals surface area contributed by atoms with Crippen LogP contribution in [0.25, 0.3) is 0 Å². The fourth-order valence-electron chi connectivity index (χ4n) is 6.63. The van der Waals surface area contributed by atoms with Crippen LogP contribution in [0.5, 0.6) is 0 Å². The van der Waals surface area contributed by atoms with Crippen LogP contribution in [-0.2, 0) is 28.6 Å². The average molecular weight is 723 g/mol. The summed E-state index contributed by atoms with van der Waals surface area (Å²) in [7, 11) is 0. The maximum absolute atomic E-state index is 12.5. The summed E-state index contributed by atoms with van der Waals surface area (Å²) in [5, 5.41) is 0. The standard InChI is InChI=1S/C45H86O6/c1-5-7-9-11-12-21-25-29-32-36-43(46)49-39-42(51-45(48)38-34-27-10-8-6-2)40-50-44(47)37-33-30-26-23-20-18-16-14-13-15-17-19-22-24-28-31-35-41(3)4/h41-42H,5-40H2,1-4H3/t42-/m0/s1. The molecule has 0 aromatic heterocycles. The van der Waals surface area contributed by atoms with Crippen molar-refractivity contribution in [2.24, 2.45) is 5.92 Å². The lowest BCUT2D eigenvalue weighted by molar-refractivity contribution is -0.167. The molecule has 0 aromatic carbocycles. The third kappa shape index (κ3) is 39.5. The molecule has 1 atom stereocenters. The van der Waals surface area contributed by atoms with E-state index in [-0.39, 0.29) is 31.1 Å². The molecule has 0 saturated carbocycles. The number of ether oxygens (including phenoxy) is 3. The highest BCUT2D eigenvalue weighted by atomic mass is 16.6. The number of hydrogen-bond acceptors (Lipinski definition) is 6. The van der Waals surface area contributed by atoms with Crippen molar-refractivity contribution in [1.29, 1.82) is 0 Å². The van der Waals surface area contributed by atoms with Gasteiger partial charge in [-0.3, -0.25) is 14.4 Å². The molecule has 0 aliphatic carbocycles. The topological polar surface area (TPSA) is 78.9 Å². The molecule has 0 saturated heterocycles. The van der Waals surface area contributed by atoms with E-state index in [9.17, 15) is 14.4 Å². The Morgan fingerprint density at radius 2 is 0.647 bits per heavy atom. The molecule has 0 unspecified atom stereocenters. The van der Waals surface area contributed by atoms with E-state index >= 15 is 0 Å². The number of unbranched alkanes of at least 4 members (excludes halogenated alkanes) is 27. The molecule has 6 nitrogen and oxygen atoms in total. The zero-order valence-electron chi connectivity index (χ0n) is 34.6. The van der Waals surface area contributed by atoms with E-state index < -0.39 is 6.10 Å². The summed E-state index contributed by atoms with van der Waals surface area (Å²) in [4.78, 5) is 37.3. The Morgan fingerprint density at radius 1 is 0.373 bits per heavy atom. The molecule has 6 heteroatoms. The van der Waals surface area contributed by atoms with Crippen LogP contribution < -0.4 is 0 Å². The molecule has 51 heavy (non-hydrogen) atoms. The van der Waals surface area contributed by atoms with Gasteiger partial charge in [0.25, 0.3) is 0 Å². The van der Waals surface area contributed by atoms with Gasteiger partial charge in [-0.25, -0.2) is 0 Å². The Kier molecular flexibility index (Phi) is 38.4. The first-order valence-electron chi connectivity index (χ1n) is 22.4. The zero-order chi connectivity index (χ0) is 37.5. The molecule has 0 fully saturated rings. The summed E-state index contributed by atoms with van der Waals surface area (Å²) in [5.74, 6) is -0.0198. The van der Waals surface area contributed by atoms with Crippen molar-refractivity contribution in [2.75, 3.05) is 13.2 Å². The first-order chi connectivity index (χ1) is 24.9. The molecule has 0 aliphatic heterocycles. The normalized spacial score (nSPS) is 11.9. The molecular weight excluding hydrogens is 636 g/mol. The third-order valence-corrected chi connectivity index (χ3v) is 10.0. The minimum atomic E-state index is -0.756. The fraction of sp³-hybridized carbons (Fsp3) is 0.933. The maximum atomic E-state index is 12.5. The van der Waals surface area contributed by atoms with E-state index in [0.29, 0.717) is 19.3 Å². The molecule has 0 aromatic rings. The van der Waals surface area contributed by atoms with Crippen molar-refractivity contribution in [3.63, 3.8) is 0 Å². The van der Waals surface area contributed by atoms with Gasteiger partial charge in [-0.1, -0.05) is 207 Å². The average Bonchev–Trinajstić information content (AvgIpc) is 3.11. The van der Waals surface area contributed by atoms with Crippen LogP contribution in [0.15, 0.2) is 0 Å². The van der Waals surface area contributed by atoms with Crippen LogP contribution in [0.2, 0.25) is 0 Å². The third-order valence-electron chi connectivity index (χ3n) is 10.0. The Balaban J connectivity index is 4.05. The highest BCUT2D eigenvalue weighted by Crippen LogP contribution is 2.16. The Bertz CT molecular complexity index is 766. The zero-order valence-corrected chi connectivity index (χ0v) is 34.6. The van der Waals surface area contributed by atoms with Gasteiger partial charge < -0.3 is 14.2 Å². The number of carbonyl (C=O) groups excluding carboxylic acids is 3. The molecule has 0 N–H and O–H groups in total. The van der Waals surface area contributed by atoms with Crippen LogP contribution in [0.1, 0.15) is 246 Å². The molecular formula is C45H86O6.